The van der Waals surface area contributed by atoms with Crippen molar-refractivity contribution in [1.29, 1.82) is 0 Å². The Morgan fingerprint density at radius 1 is 1.47 bits per heavy atom. The fourth-order valence-electron chi connectivity index (χ4n) is 1.31. The lowest BCUT2D eigenvalue weighted by molar-refractivity contribution is 0.289. The summed E-state index contributed by atoms with van der Waals surface area (Å²) >= 11 is 0. The van der Waals surface area contributed by atoms with Crippen molar-refractivity contribution in [3.8, 4) is 0 Å². The number of unbranched alkanes of at least 4 members (excludes halogenated alkanes) is 1. The molecule has 0 aromatic heterocycles. The molecule has 0 aromatic carbocycles. The van der Waals surface area contributed by atoms with E-state index in [2.05, 4.69) is 26.9 Å². The maximum Gasteiger partial charge on any atom is 0.224 e. The molecule has 15 heavy (non-hydrogen) atoms. The molecule has 0 amide bonds. The summed E-state index contributed by atoms with van der Waals surface area (Å²) < 4.78 is 5.50. The van der Waals surface area contributed by atoms with Crippen LogP contribution in [0.1, 0.15) is 19.8 Å². The van der Waals surface area contributed by atoms with Crippen LogP contribution < -0.4 is 5.73 Å². The second-order valence-electron chi connectivity index (χ2n) is 3.28. The molecule has 6 nitrogen and oxygen atoms in total. The zero-order valence-corrected chi connectivity index (χ0v) is 8.55. The quantitative estimate of drug-likeness (QED) is 0.676. The molecule has 0 fully saturated rings. The number of hydrogen-bond acceptors (Lipinski definition) is 6. The van der Waals surface area contributed by atoms with Crippen LogP contribution in [-0.2, 0) is 4.74 Å². The molecule has 80 valence electrons. The molecule has 0 spiro atoms. The highest BCUT2D eigenvalue weighted by molar-refractivity contribution is 6.20. The second kappa shape index (κ2) is 4.20. The van der Waals surface area contributed by atoms with Crippen LogP contribution in [0.15, 0.2) is 20.0 Å². The summed E-state index contributed by atoms with van der Waals surface area (Å²) in [6.07, 6.45) is 3.52. The third-order valence-electron chi connectivity index (χ3n) is 2.09. The highest BCUT2D eigenvalue weighted by Crippen LogP contribution is 2.11. The summed E-state index contributed by atoms with van der Waals surface area (Å²) in [6.45, 7) is 2.73. The standard InChI is InChI=1S/C9H13N5O/c1-2-3-4-15-8-6-7(12-5-11-6)13-9(10)14-8/h5-6H,2-4H2,1H3,(H2,10,11,12,13). The maximum atomic E-state index is 5.53. The highest BCUT2D eigenvalue weighted by atomic mass is 16.5. The Kier molecular flexibility index (Phi) is 2.75. The second-order valence-corrected chi connectivity index (χ2v) is 3.28. The molecule has 2 heterocycles. The van der Waals surface area contributed by atoms with Gasteiger partial charge in [0.25, 0.3) is 0 Å². The first-order chi connectivity index (χ1) is 7.31. The largest absolute Gasteiger partial charge is 0.479 e. The van der Waals surface area contributed by atoms with Crippen molar-refractivity contribution < 1.29 is 4.74 Å². The smallest absolute Gasteiger partial charge is 0.224 e. The third kappa shape index (κ3) is 2.03. The molecule has 2 N–H and O–H groups in total. The van der Waals surface area contributed by atoms with E-state index in [-0.39, 0.29) is 12.0 Å². The number of ether oxygens (including phenoxy) is 1. The van der Waals surface area contributed by atoms with Crippen molar-refractivity contribution in [3.05, 3.63) is 0 Å². The predicted molar refractivity (Wildman–Crippen MR) is 59.6 cm³/mol. The van der Waals surface area contributed by atoms with E-state index in [1.807, 2.05) is 0 Å². The first kappa shape index (κ1) is 9.82. The summed E-state index contributed by atoms with van der Waals surface area (Å²) in [5.41, 5.74) is 5.53. The van der Waals surface area contributed by atoms with Gasteiger partial charge in [-0.15, -0.1) is 0 Å². The van der Waals surface area contributed by atoms with E-state index in [0.717, 1.165) is 12.8 Å². The normalized spacial score (nSPS) is 23.0. The number of fused-ring (bicyclic) bond motifs is 1. The highest BCUT2D eigenvalue weighted by Gasteiger charge is 2.29. The van der Waals surface area contributed by atoms with Gasteiger partial charge in [-0.2, -0.15) is 9.98 Å². The average molecular weight is 207 g/mol. The van der Waals surface area contributed by atoms with Crippen molar-refractivity contribution in [3.63, 3.8) is 0 Å². The fraction of sp³-hybridized carbons (Fsp3) is 0.556. The van der Waals surface area contributed by atoms with Gasteiger partial charge in [0, 0.05) is 0 Å². The van der Waals surface area contributed by atoms with Gasteiger partial charge in [0.2, 0.25) is 11.9 Å². The van der Waals surface area contributed by atoms with Gasteiger partial charge in [-0.25, -0.2) is 4.99 Å². The zero-order valence-electron chi connectivity index (χ0n) is 8.55. The Morgan fingerprint density at radius 3 is 3.13 bits per heavy atom. The molecule has 0 saturated heterocycles. The van der Waals surface area contributed by atoms with Gasteiger partial charge in [0.1, 0.15) is 6.34 Å². The summed E-state index contributed by atoms with van der Waals surface area (Å²) in [5.74, 6) is 1.25. The van der Waals surface area contributed by atoms with E-state index in [1.165, 1.54) is 6.34 Å². The molecule has 1 unspecified atom stereocenters. The predicted octanol–water partition coefficient (Wildman–Crippen LogP) is 0.339. The van der Waals surface area contributed by atoms with Crippen molar-refractivity contribution in [1.82, 2.24) is 0 Å². The van der Waals surface area contributed by atoms with E-state index >= 15 is 0 Å². The molecule has 2 aliphatic heterocycles. The van der Waals surface area contributed by atoms with Gasteiger partial charge in [0.05, 0.1) is 6.61 Å². The lowest BCUT2D eigenvalue weighted by Crippen LogP contribution is -2.34. The van der Waals surface area contributed by atoms with E-state index in [4.69, 9.17) is 10.5 Å². The number of nitrogens with zero attached hydrogens (tertiary/aromatic N) is 4. The zero-order chi connectivity index (χ0) is 10.7. The Hall–Kier alpha value is -1.72. The van der Waals surface area contributed by atoms with Crippen LogP contribution in [0.25, 0.3) is 0 Å². The fourth-order valence-corrected chi connectivity index (χ4v) is 1.31. The van der Waals surface area contributed by atoms with Crippen molar-refractivity contribution >= 4 is 24.0 Å². The van der Waals surface area contributed by atoms with Crippen LogP contribution in [-0.4, -0.2) is 36.7 Å². The van der Waals surface area contributed by atoms with E-state index in [1.54, 1.807) is 0 Å². The molecule has 0 saturated carbocycles. The summed E-state index contributed by atoms with van der Waals surface area (Å²) in [7, 11) is 0. The first-order valence-corrected chi connectivity index (χ1v) is 4.96. The first-order valence-electron chi connectivity index (χ1n) is 4.96. The Morgan fingerprint density at radius 2 is 2.33 bits per heavy atom. The molecule has 1 atom stereocenters. The van der Waals surface area contributed by atoms with Gasteiger partial charge < -0.3 is 10.5 Å². The molecule has 0 bridgehead atoms. The Labute approximate surface area is 87.7 Å². The van der Waals surface area contributed by atoms with Crippen molar-refractivity contribution in [2.24, 2.45) is 25.7 Å². The number of rotatable bonds is 3. The van der Waals surface area contributed by atoms with E-state index in [9.17, 15) is 0 Å². The molecular formula is C9H13N5O. The van der Waals surface area contributed by atoms with Crippen LogP contribution in [0.5, 0.6) is 0 Å². The van der Waals surface area contributed by atoms with Crippen LogP contribution in [0.4, 0.5) is 0 Å². The van der Waals surface area contributed by atoms with Gasteiger partial charge in [-0.05, 0) is 6.42 Å². The van der Waals surface area contributed by atoms with Crippen molar-refractivity contribution in [2.75, 3.05) is 6.61 Å². The number of amidine groups is 1. The van der Waals surface area contributed by atoms with Crippen LogP contribution >= 0.6 is 0 Å². The minimum Gasteiger partial charge on any atom is -0.479 e. The SMILES string of the molecule is CCCCOC1=NC(N)=NC2=NC=NC21. The van der Waals surface area contributed by atoms with Gasteiger partial charge in [0.15, 0.2) is 11.9 Å². The number of nitrogens with two attached hydrogens (primary N) is 1. The monoisotopic (exact) mass is 207 g/mol. The van der Waals surface area contributed by atoms with E-state index < -0.39 is 0 Å². The summed E-state index contributed by atoms with van der Waals surface area (Å²) in [5, 5.41) is 0. The van der Waals surface area contributed by atoms with Crippen LogP contribution in [0.3, 0.4) is 0 Å². The van der Waals surface area contributed by atoms with Crippen LogP contribution in [0.2, 0.25) is 0 Å². The molecule has 0 radical (unpaired) electrons. The minimum atomic E-state index is -0.283. The number of hydrogen-bond donors (Lipinski definition) is 1. The van der Waals surface area contributed by atoms with Crippen molar-refractivity contribution in [2.45, 2.75) is 25.8 Å². The topological polar surface area (TPSA) is 84.7 Å². The Balaban J connectivity index is 2.06. The van der Waals surface area contributed by atoms with Gasteiger partial charge in [-0.3, -0.25) is 4.99 Å². The number of guanidine groups is 1. The van der Waals surface area contributed by atoms with Crippen LogP contribution in [0, 0.1) is 0 Å². The van der Waals surface area contributed by atoms with Gasteiger partial charge in [-0.1, -0.05) is 13.3 Å². The summed E-state index contributed by atoms with van der Waals surface area (Å²) in [6, 6.07) is -0.283. The van der Waals surface area contributed by atoms with Gasteiger partial charge >= 0.3 is 0 Å². The molecule has 2 rings (SSSR count). The maximum absolute atomic E-state index is 5.53. The minimum absolute atomic E-state index is 0.182. The molecule has 0 aromatic rings. The molecule has 6 heteroatoms. The number of aliphatic imine (C=N–C) groups is 4. The lowest BCUT2D eigenvalue weighted by atomic mass is 10.2. The van der Waals surface area contributed by atoms with E-state index in [0.29, 0.717) is 18.3 Å². The molecule has 2 aliphatic rings. The molecule has 0 aliphatic carbocycles. The average Bonchev–Trinajstić information content (AvgIpc) is 2.65. The Bertz CT molecular complexity index is 369. The lowest BCUT2D eigenvalue weighted by Gasteiger charge is -2.16. The molecular weight excluding hydrogens is 194 g/mol. The summed E-state index contributed by atoms with van der Waals surface area (Å²) in [4.78, 5) is 16.1. The third-order valence-corrected chi connectivity index (χ3v) is 2.09.